The molecule has 5 nitrogen and oxygen atoms in total. The Labute approximate surface area is 165 Å². The third kappa shape index (κ3) is 4.56. The number of rotatable bonds is 3. The van der Waals surface area contributed by atoms with E-state index in [1.165, 1.54) is 5.57 Å². The molecule has 0 aromatic heterocycles. The van der Waals surface area contributed by atoms with Crippen LogP contribution in [0.3, 0.4) is 0 Å². The van der Waals surface area contributed by atoms with Crippen LogP contribution < -0.4 is 0 Å². The van der Waals surface area contributed by atoms with E-state index in [-0.39, 0.29) is 0 Å². The number of ether oxygens (including phenoxy) is 1. The van der Waals surface area contributed by atoms with Crippen LogP contribution in [-0.2, 0) is 4.74 Å². The number of aliphatic hydroxyl groups is 4. The van der Waals surface area contributed by atoms with E-state index in [2.05, 4.69) is 19.9 Å². The van der Waals surface area contributed by atoms with E-state index in [9.17, 15) is 20.4 Å². The Morgan fingerprint density at radius 3 is 2.41 bits per heavy atom. The predicted octanol–water partition coefficient (Wildman–Crippen LogP) is 2.84. The van der Waals surface area contributed by atoms with Crippen LogP contribution in [0.2, 0.25) is 5.02 Å². The average molecular weight is 397 g/mol. The SMILES string of the molecule is CC1(C)CCC(=Cc2cc([C@@H]3O[C@H](CO)[C@@H](O)[C@H](O)[C@H]3O)ccc2Cl)CC1. The van der Waals surface area contributed by atoms with Gasteiger partial charge in [0, 0.05) is 5.02 Å². The van der Waals surface area contributed by atoms with Gasteiger partial charge in [-0.25, -0.2) is 0 Å². The van der Waals surface area contributed by atoms with Crippen molar-refractivity contribution in [3.8, 4) is 0 Å². The van der Waals surface area contributed by atoms with Crippen LogP contribution in [0.5, 0.6) is 0 Å². The summed E-state index contributed by atoms with van der Waals surface area (Å²) < 4.78 is 5.65. The molecule has 1 aromatic carbocycles. The van der Waals surface area contributed by atoms with Gasteiger partial charge in [-0.1, -0.05) is 43.2 Å². The van der Waals surface area contributed by atoms with E-state index in [4.69, 9.17) is 16.3 Å². The van der Waals surface area contributed by atoms with Crippen molar-refractivity contribution < 1.29 is 25.2 Å². The molecule has 27 heavy (non-hydrogen) atoms. The molecule has 5 atom stereocenters. The summed E-state index contributed by atoms with van der Waals surface area (Å²) in [6.45, 7) is 4.13. The third-order valence-corrected chi connectivity index (χ3v) is 6.19. The molecule has 1 aromatic rings. The van der Waals surface area contributed by atoms with Crippen molar-refractivity contribution in [2.45, 2.75) is 70.1 Å². The molecule has 0 radical (unpaired) electrons. The summed E-state index contributed by atoms with van der Waals surface area (Å²) in [6, 6.07) is 5.33. The summed E-state index contributed by atoms with van der Waals surface area (Å²) in [5, 5.41) is 40.3. The second-order valence-electron chi connectivity index (χ2n) is 8.50. The average Bonchev–Trinajstić information content (AvgIpc) is 2.64. The first-order chi connectivity index (χ1) is 12.7. The van der Waals surface area contributed by atoms with Gasteiger partial charge in [-0.15, -0.1) is 0 Å². The lowest BCUT2D eigenvalue weighted by atomic mass is 9.75. The summed E-state index contributed by atoms with van der Waals surface area (Å²) >= 11 is 6.38. The number of aliphatic hydroxyl groups excluding tert-OH is 4. The van der Waals surface area contributed by atoms with E-state index in [0.717, 1.165) is 31.2 Å². The number of hydrogen-bond acceptors (Lipinski definition) is 5. The van der Waals surface area contributed by atoms with Gasteiger partial charge in [0.25, 0.3) is 0 Å². The van der Waals surface area contributed by atoms with Gasteiger partial charge in [0.15, 0.2) is 0 Å². The molecule has 0 unspecified atom stereocenters. The van der Waals surface area contributed by atoms with Gasteiger partial charge in [-0.2, -0.15) is 0 Å². The first-order valence-corrected chi connectivity index (χ1v) is 9.89. The maximum Gasteiger partial charge on any atom is 0.113 e. The highest BCUT2D eigenvalue weighted by Crippen LogP contribution is 2.39. The zero-order chi connectivity index (χ0) is 19.8. The van der Waals surface area contributed by atoms with Gasteiger partial charge in [0.05, 0.1) is 6.61 Å². The second kappa shape index (κ2) is 8.19. The Morgan fingerprint density at radius 1 is 1.11 bits per heavy atom. The second-order valence-corrected chi connectivity index (χ2v) is 8.90. The maximum absolute atomic E-state index is 10.3. The summed E-state index contributed by atoms with van der Waals surface area (Å²) in [4.78, 5) is 0. The summed E-state index contributed by atoms with van der Waals surface area (Å²) in [7, 11) is 0. The number of allylic oxidation sites excluding steroid dienone is 1. The van der Waals surface area contributed by atoms with Crippen LogP contribution >= 0.6 is 11.6 Å². The highest BCUT2D eigenvalue weighted by molar-refractivity contribution is 6.32. The molecule has 2 fully saturated rings. The first kappa shape index (κ1) is 20.8. The summed E-state index contributed by atoms with van der Waals surface area (Å²) in [6.07, 6.45) is 0.643. The van der Waals surface area contributed by atoms with E-state index in [1.54, 1.807) is 12.1 Å². The van der Waals surface area contributed by atoms with Crippen LogP contribution in [0.15, 0.2) is 23.8 Å². The van der Waals surface area contributed by atoms with Gasteiger partial charge in [0.2, 0.25) is 0 Å². The highest BCUT2D eigenvalue weighted by atomic mass is 35.5. The predicted molar refractivity (Wildman–Crippen MR) is 104 cm³/mol. The first-order valence-electron chi connectivity index (χ1n) is 9.51. The van der Waals surface area contributed by atoms with Crippen molar-refractivity contribution >= 4 is 17.7 Å². The molecule has 0 spiro atoms. The maximum atomic E-state index is 10.3. The standard InChI is InChI=1S/C21H29ClO5/c1-21(2)7-5-12(6-8-21)9-14-10-13(3-4-15(14)22)20-19(26)18(25)17(24)16(11-23)27-20/h3-4,9-10,16-20,23-26H,5-8,11H2,1-2H3/t16-,17-,18+,19-,20+/m1/s1. The van der Waals surface area contributed by atoms with Gasteiger partial charge in [-0.3, -0.25) is 0 Å². The topological polar surface area (TPSA) is 90.2 Å². The molecule has 6 heteroatoms. The van der Waals surface area contributed by atoms with Crippen LogP contribution in [0.1, 0.15) is 56.8 Å². The Balaban J connectivity index is 1.85. The number of benzene rings is 1. The molecule has 150 valence electrons. The quantitative estimate of drug-likeness (QED) is 0.630. The van der Waals surface area contributed by atoms with E-state index in [1.807, 2.05) is 6.07 Å². The van der Waals surface area contributed by atoms with Gasteiger partial charge < -0.3 is 25.2 Å². The zero-order valence-corrected chi connectivity index (χ0v) is 16.6. The normalized spacial score (nSPS) is 33.7. The minimum atomic E-state index is -1.39. The van der Waals surface area contributed by atoms with Gasteiger partial charge in [-0.05, 0) is 54.4 Å². The molecule has 1 saturated heterocycles. The summed E-state index contributed by atoms with van der Waals surface area (Å²) in [5.74, 6) is 0. The van der Waals surface area contributed by atoms with Crippen LogP contribution in [0, 0.1) is 5.41 Å². The molecule has 1 saturated carbocycles. The Kier molecular flexibility index (Phi) is 6.31. The van der Waals surface area contributed by atoms with Gasteiger partial charge >= 0.3 is 0 Å². The fraction of sp³-hybridized carbons (Fsp3) is 0.619. The number of halogens is 1. The number of hydrogen-bond donors (Lipinski definition) is 4. The van der Waals surface area contributed by atoms with Gasteiger partial charge in [0.1, 0.15) is 30.5 Å². The van der Waals surface area contributed by atoms with Crippen LogP contribution in [-0.4, -0.2) is 51.4 Å². The fourth-order valence-electron chi connectivity index (χ4n) is 3.84. The molecule has 2 aliphatic rings. The van der Waals surface area contributed by atoms with Crippen molar-refractivity contribution in [1.29, 1.82) is 0 Å². The lowest BCUT2D eigenvalue weighted by Crippen LogP contribution is -2.55. The van der Waals surface area contributed by atoms with Crippen molar-refractivity contribution in [1.82, 2.24) is 0 Å². The van der Waals surface area contributed by atoms with Crippen molar-refractivity contribution in [3.05, 3.63) is 39.9 Å². The van der Waals surface area contributed by atoms with E-state index >= 15 is 0 Å². The van der Waals surface area contributed by atoms with Crippen LogP contribution in [0.4, 0.5) is 0 Å². The molecule has 4 N–H and O–H groups in total. The fourth-order valence-corrected chi connectivity index (χ4v) is 4.01. The molecule has 0 bridgehead atoms. The molecule has 1 heterocycles. The Morgan fingerprint density at radius 2 is 1.78 bits per heavy atom. The minimum absolute atomic E-state index is 0.374. The third-order valence-electron chi connectivity index (χ3n) is 5.85. The monoisotopic (exact) mass is 396 g/mol. The molecule has 0 amide bonds. The van der Waals surface area contributed by atoms with Crippen molar-refractivity contribution in [3.63, 3.8) is 0 Å². The van der Waals surface area contributed by atoms with Crippen molar-refractivity contribution in [2.75, 3.05) is 6.61 Å². The Hall–Kier alpha value is -0.950. The minimum Gasteiger partial charge on any atom is -0.394 e. The van der Waals surface area contributed by atoms with E-state index in [0.29, 0.717) is 16.0 Å². The highest BCUT2D eigenvalue weighted by Gasteiger charge is 2.44. The summed E-state index contributed by atoms with van der Waals surface area (Å²) in [5.41, 5.74) is 3.22. The van der Waals surface area contributed by atoms with E-state index < -0.39 is 37.1 Å². The van der Waals surface area contributed by atoms with Crippen LogP contribution in [0.25, 0.3) is 6.08 Å². The largest absolute Gasteiger partial charge is 0.394 e. The zero-order valence-electron chi connectivity index (χ0n) is 15.8. The van der Waals surface area contributed by atoms with Crippen molar-refractivity contribution in [2.24, 2.45) is 5.41 Å². The molecular weight excluding hydrogens is 368 g/mol. The molecule has 1 aliphatic carbocycles. The smallest absolute Gasteiger partial charge is 0.113 e. The molecular formula is C21H29ClO5. The lowest BCUT2D eigenvalue weighted by Gasteiger charge is -2.40. The Bertz CT molecular complexity index is 688. The molecule has 3 rings (SSSR count). The molecule has 1 aliphatic heterocycles. The lowest BCUT2D eigenvalue weighted by molar-refractivity contribution is -0.231.